The Hall–Kier alpha value is -2.59. The summed E-state index contributed by atoms with van der Waals surface area (Å²) in [6, 6.07) is 13.8. The lowest BCUT2D eigenvalue weighted by atomic mass is 10.0. The van der Waals surface area contributed by atoms with Gasteiger partial charge in [-0.05, 0) is 30.3 Å². The second-order valence-corrected chi connectivity index (χ2v) is 4.36. The monoisotopic (exact) mass is 300 g/mol. The van der Waals surface area contributed by atoms with E-state index in [1.807, 2.05) is 18.2 Å². The molecule has 0 saturated heterocycles. The molecule has 5 heteroatoms. The zero-order valence-corrected chi connectivity index (χ0v) is 11.8. The average molecular weight is 301 g/mol. The van der Waals surface area contributed by atoms with Crippen LogP contribution in [0.3, 0.4) is 0 Å². The fourth-order valence-electron chi connectivity index (χ4n) is 2.02. The summed E-state index contributed by atoms with van der Waals surface area (Å²) in [5.74, 6) is -0.236. The number of hydrogen-bond acceptors (Lipinski definition) is 3. The summed E-state index contributed by atoms with van der Waals surface area (Å²) in [7, 11) is 0. The standard InChI is InChI=1S/C16H12N2O2.ClH/c19-15-7-2-1-5-12(15)16(20)11-9-14(18-10-11)13-6-3-4-8-17-13;/h1-10,18-19H;1H. The van der Waals surface area contributed by atoms with Crippen molar-refractivity contribution in [1.29, 1.82) is 0 Å². The number of rotatable bonds is 3. The molecule has 0 atom stereocenters. The topological polar surface area (TPSA) is 66.0 Å². The number of carbonyl (C=O) groups excluding carboxylic acids is 1. The number of nitrogens with zero attached hydrogens (tertiary/aromatic N) is 1. The number of aromatic hydroxyl groups is 1. The smallest absolute Gasteiger partial charge is 0.198 e. The van der Waals surface area contributed by atoms with Crippen molar-refractivity contribution >= 4 is 18.2 Å². The summed E-state index contributed by atoms with van der Waals surface area (Å²) in [5.41, 5.74) is 2.32. The molecule has 2 heterocycles. The number of para-hydroxylation sites is 1. The minimum absolute atomic E-state index is 0. The van der Waals surface area contributed by atoms with E-state index in [-0.39, 0.29) is 23.9 Å². The number of benzene rings is 1. The van der Waals surface area contributed by atoms with Crippen molar-refractivity contribution in [2.45, 2.75) is 0 Å². The molecule has 0 bridgehead atoms. The molecule has 3 aromatic rings. The second kappa shape index (κ2) is 6.24. The molecule has 0 saturated carbocycles. The molecule has 2 aromatic heterocycles. The average Bonchev–Trinajstić information content (AvgIpc) is 2.98. The minimum atomic E-state index is -0.221. The number of H-pyrrole nitrogens is 1. The Bertz CT molecular complexity index is 754. The van der Waals surface area contributed by atoms with Gasteiger partial charge < -0.3 is 10.1 Å². The number of nitrogens with one attached hydrogen (secondary N) is 1. The number of phenols is 1. The van der Waals surface area contributed by atoms with Gasteiger partial charge in [-0.25, -0.2) is 0 Å². The van der Waals surface area contributed by atoms with E-state index in [1.54, 1.807) is 36.7 Å². The minimum Gasteiger partial charge on any atom is -0.507 e. The Morgan fingerprint density at radius 1 is 1.10 bits per heavy atom. The van der Waals surface area contributed by atoms with Crippen LogP contribution in [0.1, 0.15) is 15.9 Å². The van der Waals surface area contributed by atoms with Crippen molar-refractivity contribution in [3.63, 3.8) is 0 Å². The second-order valence-electron chi connectivity index (χ2n) is 4.36. The molecular weight excluding hydrogens is 288 g/mol. The number of aromatic nitrogens is 2. The van der Waals surface area contributed by atoms with Crippen molar-refractivity contribution in [3.05, 3.63) is 72.1 Å². The molecule has 1 aromatic carbocycles. The highest BCUT2D eigenvalue weighted by Crippen LogP contribution is 2.22. The van der Waals surface area contributed by atoms with Gasteiger partial charge >= 0.3 is 0 Å². The van der Waals surface area contributed by atoms with Gasteiger partial charge in [-0.15, -0.1) is 12.4 Å². The van der Waals surface area contributed by atoms with Crippen molar-refractivity contribution in [2.24, 2.45) is 0 Å². The SMILES string of the molecule is Cl.O=C(c1c[nH]c(-c2ccccn2)c1)c1ccccc1O. The van der Waals surface area contributed by atoms with Crippen LogP contribution in [0.2, 0.25) is 0 Å². The van der Waals surface area contributed by atoms with Crippen molar-refractivity contribution in [1.82, 2.24) is 9.97 Å². The van der Waals surface area contributed by atoms with Gasteiger partial charge in [-0.2, -0.15) is 0 Å². The summed E-state index contributed by atoms with van der Waals surface area (Å²) in [6.45, 7) is 0. The number of ketones is 1. The predicted octanol–water partition coefficient (Wildman–Crippen LogP) is 3.44. The van der Waals surface area contributed by atoms with E-state index in [0.717, 1.165) is 11.4 Å². The number of carbonyl (C=O) groups is 1. The normalized spacial score (nSPS) is 9.90. The first-order valence-electron chi connectivity index (χ1n) is 6.18. The number of pyridine rings is 1. The van der Waals surface area contributed by atoms with E-state index >= 15 is 0 Å². The molecule has 0 spiro atoms. The van der Waals surface area contributed by atoms with E-state index < -0.39 is 0 Å². The number of aromatic amines is 1. The van der Waals surface area contributed by atoms with E-state index in [2.05, 4.69) is 9.97 Å². The first kappa shape index (κ1) is 14.8. The van der Waals surface area contributed by atoms with Gasteiger partial charge in [-0.1, -0.05) is 18.2 Å². The fourth-order valence-corrected chi connectivity index (χ4v) is 2.02. The van der Waals surface area contributed by atoms with Crippen molar-refractivity contribution in [2.75, 3.05) is 0 Å². The Balaban J connectivity index is 0.00000161. The third kappa shape index (κ3) is 2.95. The van der Waals surface area contributed by atoms with Crippen LogP contribution in [0.15, 0.2) is 60.9 Å². The Morgan fingerprint density at radius 2 is 1.86 bits per heavy atom. The summed E-state index contributed by atoms with van der Waals surface area (Å²) in [5, 5.41) is 9.72. The van der Waals surface area contributed by atoms with Crippen molar-refractivity contribution < 1.29 is 9.90 Å². The molecule has 0 amide bonds. The highest BCUT2D eigenvalue weighted by Gasteiger charge is 2.15. The zero-order valence-electron chi connectivity index (χ0n) is 11.0. The fraction of sp³-hybridized carbons (Fsp3) is 0. The van der Waals surface area contributed by atoms with Crippen LogP contribution in [-0.2, 0) is 0 Å². The summed E-state index contributed by atoms with van der Waals surface area (Å²) in [4.78, 5) is 19.6. The van der Waals surface area contributed by atoms with Gasteiger partial charge in [0.2, 0.25) is 0 Å². The van der Waals surface area contributed by atoms with Crippen LogP contribution >= 0.6 is 12.4 Å². The Kier molecular flexibility index (Phi) is 4.40. The number of hydrogen-bond donors (Lipinski definition) is 2. The molecule has 0 radical (unpaired) electrons. The highest BCUT2D eigenvalue weighted by atomic mass is 35.5. The first-order chi connectivity index (χ1) is 9.75. The van der Waals surface area contributed by atoms with E-state index in [1.165, 1.54) is 6.07 Å². The largest absolute Gasteiger partial charge is 0.507 e. The summed E-state index contributed by atoms with van der Waals surface area (Å²) >= 11 is 0. The van der Waals surface area contributed by atoms with Gasteiger partial charge in [0.05, 0.1) is 17.0 Å². The highest BCUT2D eigenvalue weighted by molar-refractivity contribution is 6.11. The number of halogens is 1. The molecule has 3 rings (SSSR count). The maximum atomic E-state index is 12.3. The molecule has 0 aliphatic carbocycles. The van der Waals surface area contributed by atoms with Crippen LogP contribution in [0.25, 0.3) is 11.4 Å². The van der Waals surface area contributed by atoms with Crippen LogP contribution < -0.4 is 0 Å². The third-order valence-corrected chi connectivity index (χ3v) is 3.03. The molecule has 4 nitrogen and oxygen atoms in total. The van der Waals surface area contributed by atoms with Crippen LogP contribution in [-0.4, -0.2) is 20.9 Å². The first-order valence-corrected chi connectivity index (χ1v) is 6.18. The van der Waals surface area contributed by atoms with Gasteiger partial charge in [0.1, 0.15) is 5.75 Å². The summed E-state index contributed by atoms with van der Waals surface area (Å²) in [6.07, 6.45) is 3.32. The Labute approximate surface area is 127 Å². The van der Waals surface area contributed by atoms with Crippen molar-refractivity contribution in [3.8, 4) is 17.1 Å². The Morgan fingerprint density at radius 3 is 2.57 bits per heavy atom. The third-order valence-electron chi connectivity index (χ3n) is 3.03. The van der Waals surface area contributed by atoms with Crippen LogP contribution in [0.4, 0.5) is 0 Å². The van der Waals surface area contributed by atoms with E-state index in [9.17, 15) is 9.90 Å². The maximum absolute atomic E-state index is 12.3. The predicted molar refractivity (Wildman–Crippen MR) is 82.8 cm³/mol. The lowest BCUT2D eigenvalue weighted by Crippen LogP contribution is -1.99. The molecule has 0 aliphatic heterocycles. The van der Waals surface area contributed by atoms with Gasteiger partial charge in [0.25, 0.3) is 0 Å². The zero-order chi connectivity index (χ0) is 13.9. The molecule has 106 valence electrons. The molecule has 0 unspecified atom stereocenters. The van der Waals surface area contributed by atoms with E-state index in [4.69, 9.17) is 0 Å². The maximum Gasteiger partial charge on any atom is 0.198 e. The lowest BCUT2D eigenvalue weighted by molar-refractivity contribution is 0.103. The number of phenolic OH excluding ortho intramolecular Hbond substituents is 1. The van der Waals surface area contributed by atoms with Gasteiger partial charge in [0.15, 0.2) is 5.78 Å². The van der Waals surface area contributed by atoms with Crippen LogP contribution in [0.5, 0.6) is 5.75 Å². The molecule has 0 aliphatic rings. The van der Waals surface area contributed by atoms with Gasteiger partial charge in [0, 0.05) is 18.0 Å². The van der Waals surface area contributed by atoms with Crippen LogP contribution in [0, 0.1) is 0 Å². The molecular formula is C16H13ClN2O2. The quantitative estimate of drug-likeness (QED) is 0.728. The van der Waals surface area contributed by atoms with Gasteiger partial charge in [-0.3, -0.25) is 9.78 Å². The molecule has 21 heavy (non-hydrogen) atoms. The van der Waals surface area contributed by atoms with E-state index in [0.29, 0.717) is 11.1 Å². The lowest BCUT2D eigenvalue weighted by Gasteiger charge is -2.00. The molecule has 0 fully saturated rings. The summed E-state index contributed by atoms with van der Waals surface area (Å²) < 4.78 is 0. The molecule has 2 N–H and O–H groups in total.